The number of epoxide rings is 2. The van der Waals surface area contributed by atoms with E-state index in [0.29, 0.717) is 39.6 Å². The largest absolute Gasteiger partial charge is 0.491 e. The minimum atomic E-state index is 0.240. The molecule has 0 aromatic heterocycles. The lowest BCUT2D eigenvalue weighted by atomic mass is 10.1. The number of hydrogen-bond acceptors (Lipinski definition) is 7. The highest BCUT2D eigenvalue weighted by Crippen LogP contribution is 2.27. The molecule has 0 bridgehead atoms. The molecule has 0 spiro atoms. The first kappa shape index (κ1) is 23.9. The first-order valence-corrected chi connectivity index (χ1v) is 12.7. The highest BCUT2D eigenvalue weighted by molar-refractivity contribution is 5.86. The SMILES string of the molecule is c1cc2ccc(OCC3CO3)cc2cc1OCCOCCOc1ccc2ccc(OCC3CO3)cc2c1. The molecule has 0 aliphatic carbocycles. The Labute approximate surface area is 215 Å². The van der Waals surface area contributed by atoms with Crippen LogP contribution in [-0.4, -0.2) is 65.1 Å². The molecule has 2 saturated heterocycles. The summed E-state index contributed by atoms with van der Waals surface area (Å²) < 4.78 is 39.4. The van der Waals surface area contributed by atoms with Gasteiger partial charge in [-0.2, -0.15) is 0 Å². The van der Waals surface area contributed by atoms with E-state index in [1.165, 1.54) is 0 Å². The minimum absolute atomic E-state index is 0.240. The molecule has 0 N–H and O–H groups in total. The molecule has 4 aromatic carbocycles. The molecule has 37 heavy (non-hydrogen) atoms. The number of hydrogen-bond donors (Lipinski definition) is 0. The quantitative estimate of drug-likeness (QED) is 0.177. The predicted octanol–water partition coefficient (Wildman–Crippen LogP) is 5.02. The molecule has 2 fully saturated rings. The van der Waals surface area contributed by atoms with E-state index in [1.807, 2.05) is 60.7 Å². The van der Waals surface area contributed by atoms with Crippen molar-refractivity contribution in [3.05, 3.63) is 72.8 Å². The Bertz CT molecular complexity index is 1240. The average Bonchev–Trinajstić information content (AvgIpc) is 3.85. The van der Waals surface area contributed by atoms with Crippen LogP contribution in [0.25, 0.3) is 21.5 Å². The van der Waals surface area contributed by atoms with Gasteiger partial charge >= 0.3 is 0 Å². The Morgan fingerprint density at radius 1 is 0.486 bits per heavy atom. The maximum Gasteiger partial charge on any atom is 0.120 e. The van der Waals surface area contributed by atoms with Crippen molar-refractivity contribution in [2.24, 2.45) is 0 Å². The average molecular weight is 503 g/mol. The van der Waals surface area contributed by atoms with Crippen molar-refractivity contribution < 1.29 is 33.2 Å². The normalized spacial score (nSPS) is 18.1. The Kier molecular flexibility index (Phi) is 7.26. The summed E-state index contributed by atoms with van der Waals surface area (Å²) in [5.41, 5.74) is 0. The van der Waals surface area contributed by atoms with Crippen LogP contribution in [0, 0.1) is 0 Å². The number of rotatable bonds is 14. The first-order chi connectivity index (χ1) is 18.3. The van der Waals surface area contributed by atoms with Crippen LogP contribution in [0.2, 0.25) is 0 Å². The Morgan fingerprint density at radius 2 is 0.865 bits per heavy atom. The van der Waals surface area contributed by atoms with Gasteiger partial charge < -0.3 is 33.2 Å². The summed E-state index contributed by atoms with van der Waals surface area (Å²) in [4.78, 5) is 0. The molecule has 0 saturated carbocycles. The predicted molar refractivity (Wildman–Crippen MR) is 140 cm³/mol. The zero-order valence-electron chi connectivity index (χ0n) is 20.6. The van der Waals surface area contributed by atoms with Gasteiger partial charge in [-0.1, -0.05) is 24.3 Å². The van der Waals surface area contributed by atoms with Gasteiger partial charge in [-0.25, -0.2) is 0 Å². The first-order valence-electron chi connectivity index (χ1n) is 12.7. The standard InChI is InChI=1S/C30H30O7/c1-5-25(13-23-15-27(7-3-21(1)23)34-17-29-19-36-29)32-11-9-31-10-12-33-26-6-2-22-4-8-28(16-24(22)14-26)35-18-30-20-37-30/h1-8,13-16,29-30H,9-12,17-20H2. The van der Waals surface area contributed by atoms with Crippen LogP contribution < -0.4 is 18.9 Å². The van der Waals surface area contributed by atoms with Crippen molar-refractivity contribution in [2.75, 3.05) is 52.9 Å². The monoisotopic (exact) mass is 502 g/mol. The zero-order valence-corrected chi connectivity index (χ0v) is 20.6. The summed E-state index contributed by atoms with van der Waals surface area (Å²) in [6.45, 7) is 4.65. The second-order valence-electron chi connectivity index (χ2n) is 9.18. The van der Waals surface area contributed by atoms with Crippen molar-refractivity contribution in [1.82, 2.24) is 0 Å². The van der Waals surface area contributed by atoms with E-state index in [9.17, 15) is 0 Å². The summed E-state index contributed by atoms with van der Waals surface area (Å²) in [6, 6.07) is 24.2. The fourth-order valence-corrected chi connectivity index (χ4v) is 4.01. The van der Waals surface area contributed by atoms with Crippen LogP contribution in [0.15, 0.2) is 72.8 Å². The van der Waals surface area contributed by atoms with E-state index in [2.05, 4.69) is 12.1 Å². The Morgan fingerprint density at radius 3 is 1.24 bits per heavy atom. The van der Waals surface area contributed by atoms with E-state index >= 15 is 0 Å². The maximum absolute atomic E-state index is 5.88. The van der Waals surface area contributed by atoms with Gasteiger partial charge in [0.1, 0.15) is 61.6 Å². The molecule has 7 heteroatoms. The summed E-state index contributed by atoms with van der Waals surface area (Å²) in [6.07, 6.45) is 0.480. The lowest BCUT2D eigenvalue weighted by Crippen LogP contribution is -2.12. The molecule has 2 heterocycles. The van der Waals surface area contributed by atoms with Crippen LogP contribution in [0.3, 0.4) is 0 Å². The fraction of sp³-hybridized carbons (Fsp3) is 0.333. The molecule has 2 aliphatic rings. The van der Waals surface area contributed by atoms with Gasteiger partial charge in [0.2, 0.25) is 0 Å². The molecule has 2 atom stereocenters. The third-order valence-corrected chi connectivity index (χ3v) is 6.24. The second kappa shape index (κ2) is 11.3. The van der Waals surface area contributed by atoms with Gasteiger partial charge in [0.05, 0.1) is 26.4 Å². The smallest absolute Gasteiger partial charge is 0.120 e. The van der Waals surface area contributed by atoms with Crippen LogP contribution in [0.5, 0.6) is 23.0 Å². The van der Waals surface area contributed by atoms with Gasteiger partial charge in [-0.15, -0.1) is 0 Å². The van der Waals surface area contributed by atoms with E-state index in [4.69, 9.17) is 33.2 Å². The van der Waals surface area contributed by atoms with Crippen LogP contribution in [-0.2, 0) is 14.2 Å². The third kappa shape index (κ3) is 6.83. The number of benzene rings is 4. The van der Waals surface area contributed by atoms with Crippen LogP contribution in [0.4, 0.5) is 0 Å². The molecule has 4 aromatic rings. The van der Waals surface area contributed by atoms with Gasteiger partial charge in [-0.05, 0) is 70.1 Å². The van der Waals surface area contributed by atoms with Crippen molar-refractivity contribution >= 4 is 21.5 Å². The molecule has 0 amide bonds. The number of ether oxygens (including phenoxy) is 7. The van der Waals surface area contributed by atoms with Crippen molar-refractivity contribution in [2.45, 2.75) is 12.2 Å². The van der Waals surface area contributed by atoms with Crippen molar-refractivity contribution in [3.8, 4) is 23.0 Å². The second-order valence-corrected chi connectivity index (χ2v) is 9.18. The molecule has 6 rings (SSSR count). The fourth-order valence-electron chi connectivity index (χ4n) is 4.01. The molecule has 0 radical (unpaired) electrons. The summed E-state index contributed by atoms with van der Waals surface area (Å²) in [7, 11) is 0. The van der Waals surface area contributed by atoms with Crippen molar-refractivity contribution in [1.29, 1.82) is 0 Å². The zero-order chi connectivity index (χ0) is 24.9. The molecule has 2 unspecified atom stereocenters. The van der Waals surface area contributed by atoms with Gasteiger partial charge in [0.15, 0.2) is 0 Å². The lowest BCUT2D eigenvalue weighted by molar-refractivity contribution is 0.0765. The van der Waals surface area contributed by atoms with Gasteiger partial charge in [0, 0.05) is 0 Å². The molecule has 192 valence electrons. The summed E-state index contributed by atoms with van der Waals surface area (Å²) in [5, 5.41) is 4.43. The summed E-state index contributed by atoms with van der Waals surface area (Å²) >= 11 is 0. The maximum atomic E-state index is 5.88. The van der Waals surface area contributed by atoms with Gasteiger partial charge in [0.25, 0.3) is 0 Å². The van der Waals surface area contributed by atoms with E-state index < -0.39 is 0 Å². The highest BCUT2D eigenvalue weighted by atomic mass is 16.6. The number of fused-ring (bicyclic) bond motifs is 2. The van der Waals surface area contributed by atoms with E-state index in [-0.39, 0.29) is 12.2 Å². The van der Waals surface area contributed by atoms with E-state index in [0.717, 1.165) is 57.8 Å². The molecule has 7 nitrogen and oxygen atoms in total. The molecule has 2 aliphatic heterocycles. The lowest BCUT2D eigenvalue weighted by Gasteiger charge is -2.11. The highest BCUT2D eigenvalue weighted by Gasteiger charge is 2.23. The van der Waals surface area contributed by atoms with Crippen LogP contribution >= 0.6 is 0 Å². The molecular weight excluding hydrogens is 472 g/mol. The van der Waals surface area contributed by atoms with Gasteiger partial charge in [-0.3, -0.25) is 0 Å². The molecular formula is C30H30O7. The Balaban J connectivity index is 0.917. The van der Waals surface area contributed by atoms with Crippen molar-refractivity contribution in [3.63, 3.8) is 0 Å². The Hall–Kier alpha value is -3.52. The summed E-state index contributed by atoms with van der Waals surface area (Å²) in [5.74, 6) is 3.29. The topological polar surface area (TPSA) is 71.2 Å². The third-order valence-electron chi connectivity index (χ3n) is 6.24. The minimum Gasteiger partial charge on any atom is -0.491 e. The van der Waals surface area contributed by atoms with E-state index in [1.54, 1.807) is 0 Å². The van der Waals surface area contributed by atoms with Crippen LogP contribution in [0.1, 0.15) is 0 Å².